The van der Waals surface area contributed by atoms with Crippen LogP contribution in [0.2, 0.25) is 0 Å². The van der Waals surface area contributed by atoms with Crippen LogP contribution < -0.4 is 0 Å². The molecule has 8 nitrogen and oxygen atoms in total. The molecule has 0 saturated carbocycles. The molecule has 0 N–H and O–H groups in total. The molecule has 0 radical (unpaired) electrons. The summed E-state index contributed by atoms with van der Waals surface area (Å²) in [5, 5.41) is 4.68. The van der Waals surface area contributed by atoms with E-state index in [1.54, 1.807) is 12.4 Å². The lowest BCUT2D eigenvalue weighted by atomic mass is 9.94. The zero-order valence-electron chi connectivity index (χ0n) is 17.2. The fraction of sp³-hybridized carbons (Fsp3) is 0.476. The molecule has 8 heteroatoms. The average Bonchev–Trinajstić information content (AvgIpc) is 3.39. The van der Waals surface area contributed by atoms with Crippen molar-refractivity contribution in [1.82, 2.24) is 29.6 Å². The zero-order chi connectivity index (χ0) is 20.5. The molecule has 0 aliphatic carbocycles. The standard InChI is InChI=1S/C21H26N6O2/c1-5-14(4)17-20-24-19(15-7-6-8-22-11-15)25-27(20)10-9-26(17)21(28)16-18(13(2)3)29-12-23-16/h6-8,11-14,17H,5,9-10H2,1-4H3/t14-,17-/m0/s1. The highest BCUT2D eigenvalue weighted by Gasteiger charge is 2.39. The number of nitrogens with zero attached hydrogens (tertiary/aromatic N) is 6. The highest BCUT2D eigenvalue weighted by Crippen LogP contribution is 2.35. The van der Waals surface area contributed by atoms with E-state index in [1.165, 1.54) is 6.39 Å². The molecule has 0 aromatic carbocycles. The smallest absolute Gasteiger partial charge is 0.276 e. The highest BCUT2D eigenvalue weighted by atomic mass is 16.3. The maximum atomic E-state index is 13.4. The molecule has 0 fully saturated rings. The number of rotatable bonds is 5. The molecule has 1 aliphatic heterocycles. The van der Waals surface area contributed by atoms with Gasteiger partial charge in [-0.2, -0.15) is 5.10 Å². The molecule has 4 heterocycles. The largest absolute Gasteiger partial charge is 0.447 e. The van der Waals surface area contributed by atoms with E-state index >= 15 is 0 Å². The first-order valence-electron chi connectivity index (χ1n) is 10.1. The van der Waals surface area contributed by atoms with E-state index in [1.807, 2.05) is 35.6 Å². The minimum Gasteiger partial charge on any atom is -0.447 e. The van der Waals surface area contributed by atoms with Crippen LogP contribution in [0, 0.1) is 5.92 Å². The lowest BCUT2D eigenvalue weighted by Crippen LogP contribution is -2.45. The summed E-state index contributed by atoms with van der Waals surface area (Å²) < 4.78 is 7.42. The van der Waals surface area contributed by atoms with Gasteiger partial charge >= 0.3 is 0 Å². The second kappa shape index (κ2) is 7.77. The van der Waals surface area contributed by atoms with E-state index in [4.69, 9.17) is 9.40 Å². The van der Waals surface area contributed by atoms with Crippen molar-refractivity contribution >= 4 is 5.91 Å². The molecule has 3 aromatic rings. The molecule has 2 atom stereocenters. The van der Waals surface area contributed by atoms with Crippen LogP contribution in [-0.2, 0) is 6.54 Å². The van der Waals surface area contributed by atoms with Gasteiger partial charge in [-0.15, -0.1) is 0 Å². The van der Waals surface area contributed by atoms with Crippen molar-refractivity contribution in [1.29, 1.82) is 0 Å². The summed E-state index contributed by atoms with van der Waals surface area (Å²) in [6.45, 7) is 9.41. The van der Waals surface area contributed by atoms with Gasteiger partial charge in [0.15, 0.2) is 23.7 Å². The Morgan fingerprint density at radius 1 is 1.31 bits per heavy atom. The molecule has 0 unspecified atom stereocenters. The van der Waals surface area contributed by atoms with Crippen LogP contribution in [0.25, 0.3) is 11.4 Å². The average molecular weight is 394 g/mol. The van der Waals surface area contributed by atoms with Crippen LogP contribution >= 0.6 is 0 Å². The van der Waals surface area contributed by atoms with Gasteiger partial charge in [0.05, 0.1) is 12.6 Å². The van der Waals surface area contributed by atoms with Crippen LogP contribution in [0.15, 0.2) is 35.3 Å². The minimum absolute atomic E-state index is 0.0872. The molecule has 1 amide bonds. The first kappa shape index (κ1) is 19.3. The number of aromatic nitrogens is 5. The molecular weight excluding hydrogens is 368 g/mol. The summed E-state index contributed by atoms with van der Waals surface area (Å²) in [7, 11) is 0. The Labute approximate surface area is 170 Å². The van der Waals surface area contributed by atoms with Crippen LogP contribution in [0.1, 0.15) is 68.1 Å². The van der Waals surface area contributed by atoms with E-state index in [0.717, 1.165) is 17.8 Å². The van der Waals surface area contributed by atoms with Crippen molar-refractivity contribution < 1.29 is 9.21 Å². The van der Waals surface area contributed by atoms with Gasteiger partial charge < -0.3 is 9.32 Å². The van der Waals surface area contributed by atoms with E-state index in [9.17, 15) is 4.79 Å². The summed E-state index contributed by atoms with van der Waals surface area (Å²) in [6, 6.07) is 3.64. The first-order chi connectivity index (χ1) is 14.0. The van der Waals surface area contributed by atoms with E-state index < -0.39 is 0 Å². The molecule has 29 heavy (non-hydrogen) atoms. The fourth-order valence-corrected chi connectivity index (χ4v) is 3.81. The fourth-order valence-electron chi connectivity index (χ4n) is 3.81. The van der Waals surface area contributed by atoms with Gasteiger partial charge in [-0.25, -0.2) is 14.6 Å². The van der Waals surface area contributed by atoms with Crippen LogP contribution in [0.4, 0.5) is 0 Å². The maximum absolute atomic E-state index is 13.4. The summed E-state index contributed by atoms with van der Waals surface area (Å²) in [6.07, 6.45) is 5.76. The SMILES string of the molecule is CC[C@H](C)[C@H]1c2nc(-c3cccnc3)nn2CCN1C(=O)c1ncoc1C(C)C. The minimum atomic E-state index is -0.170. The Morgan fingerprint density at radius 3 is 2.83 bits per heavy atom. The molecule has 4 rings (SSSR count). The monoisotopic (exact) mass is 394 g/mol. The van der Waals surface area contributed by atoms with Crippen molar-refractivity contribution in [2.45, 2.75) is 52.6 Å². The number of fused-ring (bicyclic) bond motifs is 1. The number of pyridine rings is 1. The number of carbonyl (C=O) groups excluding carboxylic acids is 1. The Kier molecular flexibility index (Phi) is 5.17. The van der Waals surface area contributed by atoms with Gasteiger partial charge in [-0.3, -0.25) is 9.78 Å². The Balaban J connectivity index is 1.73. The molecule has 1 aliphatic rings. The number of oxazole rings is 1. The summed E-state index contributed by atoms with van der Waals surface area (Å²) in [4.78, 5) is 28.5. The van der Waals surface area contributed by atoms with E-state index in [-0.39, 0.29) is 23.8 Å². The third-order valence-electron chi connectivity index (χ3n) is 5.54. The van der Waals surface area contributed by atoms with Crippen molar-refractivity contribution in [2.75, 3.05) is 6.54 Å². The normalized spacial score (nSPS) is 17.4. The molecule has 0 spiro atoms. The number of carbonyl (C=O) groups is 1. The summed E-state index contributed by atoms with van der Waals surface area (Å²) >= 11 is 0. The van der Waals surface area contributed by atoms with E-state index in [0.29, 0.717) is 30.4 Å². The second-order valence-corrected chi connectivity index (χ2v) is 7.81. The summed E-state index contributed by atoms with van der Waals surface area (Å²) in [5.74, 6) is 2.28. The number of hydrogen-bond donors (Lipinski definition) is 0. The molecular formula is C21H26N6O2. The quantitative estimate of drug-likeness (QED) is 0.655. The van der Waals surface area contributed by atoms with Gasteiger partial charge in [-0.05, 0) is 18.1 Å². The number of hydrogen-bond acceptors (Lipinski definition) is 6. The van der Waals surface area contributed by atoms with Crippen molar-refractivity contribution in [3.05, 3.63) is 48.2 Å². The Hall–Kier alpha value is -3.03. The third-order valence-corrected chi connectivity index (χ3v) is 5.54. The lowest BCUT2D eigenvalue weighted by Gasteiger charge is -2.38. The predicted octanol–water partition coefficient (Wildman–Crippen LogP) is 3.69. The number of amides is 1. The molecule has 0 bridgehead atoms. The Morgan fingerprint density at radius 2 is 2.14 bits per heavy atom. The van der Waals surface area contributed by atoms with Gasteiger partial charge in [0.1, 0.15) is 5.76 Å². The van der Waals surface area contributed by atoms with E-state index in [2.05, 4.69) is 28.9 Å². The van der Waals surface area contributed by atoms with Crippen molar-refractivity contribution in [2.24, 2.45) is 5.92 Å². The second-order valence-electron chi connectivity index (χ2n) is 7.81. The van der Waals surface area contributed by atoms with Gasteiger partial charge in [0.25, 0.3) is 5.91 Å². The van der Waals surface area contributed by atoms with Crippen LogP contribution in [0.3, 0.4) is 0 Å². The predicted molar refractivity (Wildman–Crippen MR) is 107 cm³/mol. The maximum Gasteiger partial charge on any atom is 0.276 e. The van der Waals surface area contributed by atoms with Crippen LogP contribution in [0.5, 0.6) is 0 Å². The zero-order valence-corrected chi connectivity index (χ0v) is 17.2. The van der Waals surface area contributed by atoms with Crippen LogP contribution in [-0.4, -0.2) is 42.1 Å². The van der Waals surface area contributed by atoms with Gasteiger partial charge in [0.2, 0.25) is 0 Å². The van der Waals surface area contributed by atoms with Crippen molar-refractivity contribution in [3.8, 4) is 11.4 Å². The first-order valence-corrected chi connectivity index (χ1v) is 10.1. The van der Waals surface area contributed by atoms with Gasteiger partial charge in [-0.1, -0.05) is 34.1 Å². The highest BCUT2D eigenvalue weighted by molar-refractivity contribution is 5.93. The van der Waals surface area contributed by atoms with Crippen molar-refractivity contribution in [3.63, 3.8) is 0 Å². The molecule has 3 aromatic heterocycles. The topological polar surface area (TPSA) is 89.9 Å². The third kappa shape index (κ3) is 3.43. The Bertz CT molecular complexity index is 994. The molecule has 152 valence electrons. The lowest BCUT2D eigenvalue weighted by molar-refractivity contribution is 0.0510. The van der Waals surface area contributed by atoms with Gasteiger partial charge in [0, 0.05) is 30.4 Å². The molecule has 0 saturated heterocycles. The summed E-state index contributed by atoms with van der Waals surface area (Å²) in [5.41, 5.74) is 1.27.